The lowest BCUT2D eigenvalue weighted by atomic mass is 10.0. The van der Waals surface area contributed by atoms with Gasteiger partial charge in [-0.05, 0) is 31.5 Å². The van der Waals surface area contributed by atoms with Gasteiger partial charge in [0.05, 0.1) is 5.52 Å². The third-order valence-electron chi connectivity index (χ3n) is 3.38. The summed E-state index contributed by atoms with van der Waals surface area (Å²) in [4.78, 5) is 4.46. The molecule has 0 saturated heterocycles. The highest BCUT2D eigenvalue weighted by molar-refractivity contribution is 6.09. The molecule has 0 aliphatic rings. The Balaban J connectivity index is 2.44. The monoisotopic (exact) mass is 255 g/mol. The van der Waals surface area contributed by atoms with Gasteiger partial charge in [-0.25, -0.2) is 4.98 Å². The zero-order valence-corrected chi connectivity index (χ0v) is 10.9. The number of pyridine rings is 1. The van der Waals surface area contributed by atoms with Gasteiger partial charge in [0, 0.05) is 23.5 Å². The molecule has 0 atom stereocenters. The summed E-state index contributed by atoms with van der Waals surface area (Å²) in [5.74, 6) is 0.486. The highest BCUT2D eigenvalue weighted by atomic mass is 15.3. The third-order valence-corrected chi connectivity index (χ3v) is 3.38. The maximum absolute atomic E-state index is 6.00. The molecule has 0 aliphatic carbocycles. The van der Waals surface area contributed by atoms with E-state index >= 15 is 0 Å². The zero-order chi connectivity index (χ0) is 13.4. The standard InChI is InChI=1S/C14H17N5/c1-2-19-8-10-12-9(6-7-15)4-3-5-11(12)17-14(16)13(10)18-19/h3-5,8H,2,6-7,15H2,1H3,(H2,16,17). The van der Waals surface area contributed by atoms with Crippen LogP contribution in [0.1, 0.15) is 12.5 Å². The fourth-order valence-corrected chi connectivity index (χ4v) is 2.49. The minimum atomic E-state index is 0.486. The van der Waals surface area contributed by atoms with Crippen molar-refractivity contribution in [2.24, 2.45) is 5.73 Å². The van der Waals surface area contributed by atoms with E-state index in [1.165, 1.54) is 5.56 Å². The van der Waals surface area contributed by atoms with Crippen LogP contribution in [-0.4, -0.2) is 21.3 Å². The highest BCUT2D eigenvalue weighted by Crippen LogP contribution is 2.29. The number of nitrogen functional groups attached to an aromatic ring is 1. The summed E-state index contributed by atoms with van der Waals surface area (Å²) in [6, 6.07) is 6.07. The summed E-state index contributed by atoms with van der Waals surface area (Å²) in [6.45, 7) is 3.49. The Hall–Kier alpha value is -2.14. The van der Waals surface area contributed by atoms with Crippen LogP contribution in [0.4, 0.5) is 5.82 Å². The van der Waals surface area contributed by atoms with Crippen molar-refractivity contribution in [3.8, 4) is 0 Å². The molecule has 0 saturated carbocycles. The van der Waals surface area contributed by atoms with E-state index in [0.29, 0.717) is 12.4 Å². The van der Waals surface area contributed by atoms with Crippen LogP contribution in [0.3, 0.4) is 0 Å². The van der Waals surface area contributed by atoms with Crippen molar-refractivity contribution in [2.75, 3.05) is 12.3 Å². The minimum absolute atomic E-state index is 0.486. The van der Waals surface area contributed by atoms with E-state index in [1.54, 1.807) is 0 Å². The molecule has 0 amide bonds. The van der Waals surface area contributed by atoms with Crippen LogP contribution in [0.15, 0.2) is 24.4 Å². The molecule has 0 unspecified atom stereocenters. The molecule has 1 aromatic carbocycles. The Kier molecular flexibility index (Phi) is 2.83. The van der Waals surface area contributed by atoms with E-state index in [2.05, 4.69) is 23.1 Å². The van der Waals surface area contributed by atoms with Gasteiger partial charge >= 0.3 is 0 Å². The molecule has 5 heteroatoms. The lowest BCUT2D eigenvalue weighted by Gasteiger charge is -2.06. The summed E-state index contributed by atoms with van der Waals surface area (Å²) < 4.78 is 1.89. The van der Waals surface area contributed by atoms with Crippen LogP contribution in [0.25, 0.3) is 21.8 Å². The molecule has 19 heavy (non-hydrogen) atoms. The Labute approximate surface area is 111 Å². The predicted molar refractivity (Wildman–Crippen MR) is 77.9 cm³/mol. The van der Waals surface area contributed by atoms with Gasteiger partial charge in [0.2, 0.25) is 0 Å². The largest absolute Gasteiger partial charge is 0.382 e. The van der Waals surface area contributed by atoms with Crippen LogP contribution >= 0.6 is 0 Å². The Morgan fingerprint density at radius 3 is 2.89 bits per heavy atom. The fraction of sp³-hybridized carbons (Fsp3) is 0.286. The van der Waals surface area contributed by atoms with Gasteiger partial charge in [-0.3, -0.25) is 4.68 Å². The molecule has 2 heterocycles. The first kappa shape index (κ1) is 11.9. The first-order valence-corrected chi connectivity index (χ1v) is 6.49. The summed E-state index contributed by atoms with van der Waals surface area (Å²) in [6.07, 6.45) is 2.87. The van der Waals surface area contributed by atoms with Crippen LogP contribution in [0.5, 0.6) is 0 Å². The zero-order valence-electron chi connectivity index (χ0n) is 10.9. The van der Waals surface area contributed by atoms with Crippen LogP contribution in [0, 0.1) is 0 Å². The van der Waals surface area contributed by atoms with E-state index in [0.717, 1.165) is 34.8 Å². The second kappa shape index (κ2) is 4.51. The SMILES string of the molecule is CCn1cc2c(n1)c(N)nc1cccc(CCN)c12. The maximum Gasteiger partial charge on any atom is 0.152 e. The van der Waals surface area contributed by atoms with Crippen molar-refractivity contribution in [1.29, 1.82) is 0 Å². The summed E-state index contributed by atoms with van der Waals surface area (Å²) in [5.41, 5.74) is 14.6. The Bertz CT molecular complexity index is 744. The van der Waals surface area contributed by atoms with Crippen LogP contribution in [-0.2, 0) is 13.0 Å². The van der Waals surface area contributed by atoms with Gasteiger partial charge in [0.15, 0.2) is 5.82 Å². The molecule has 0 fully saturated rings. The summed E-state index contributed by atoms with van der Waals surface area (Å²) in [7, 11) is 0. The number of rotatable bonds is 3. The molecule has 98 valence electrons. The van der Waals surface area contributed by atoms with Crippen LogP contribution < -0.4 is 11.5 Å². The molecule has 0 radical (unpaired) electrons. The Morgan fingerprint density at radius 2 is 2.16 bits per heavy atom. The summed E-state index contributed by atoms with van der Waals surface area (Å²) >= 11 is 0. The van der Waals surface area contributed by atoms with Gasteiger partial charge in [-0.2, -0.15) is 5.10 Å². The van der Waals surface area contributed by atoms with Gasteiger partial charge in [0.1, 0.15) is 5.52 Å². The molecule has 3 aromatic rings. The quantitative estimate of drug-likeness (QED) is 0.746. The number of benzene rings is 1. The molecule has 3 rings (SSSR count). The number of hydrogen-bond acceptors (Lipinski definition) is 4. The molecule has 0 bridgehead atoms. The lowest BCUT2D eigenvalue weighted by molar-refractivity contribution is 0.668. The molecule has 0 spiro atoms. The number of fused-ring (bicyclic) bond motifs is 3. The van der Waals surface area contributed by atoms with Crippen molar-refractivity contribution in [3.63, 3.8) is 0 Å². The fourth-order valence-electron chi connectivity index (χ4n) is 2.49. The highest BCUT2D eigenvalue weighted by Gasteiger charge is 2.12. The second-order valence-electron chi connectivity index (χ2n) is 4.59. The average Bonchev–Trinajstić information content (AvgIpc) is 2.84. The van der Waals surface area contributed by atoms with E-state index in [4.69, 9.17) is 11.5 Å². The first-order valence-electron chi connectivity index (χ1n) is 6.49. The van der Waals surface area contributed by atoms with Crippen molar-refractivity contribution in [1.82, 2.24) is 14.8 Å². The topological polar surface area (TPSA) is 82.8 Å². The molecule has 2 aromatic heterocycles. The minimum Gasteiger partial charge on any atom is -0.382 e. The summed E-state index contributed by atoms with van der Waals surface area (Å²) in [5, 5.41) is 6.67. The second-order valence-corrected chi connectivity index (χ2v) is 4.59. The van der Waals surface area contributed by atoms with E-state index in [1.807, 2.05) is 23.0 Å². The van der Waals surface area contributed by atoms with Crippen molar-refractivity contribution in [3.05, 3.63) is 30.0 Å². The number of nitrogens with two attached hydrogens (primary N) is 2. The number of anilines is 1. The van der Waals surface area contributed by atoms with Gasteiger partial charge in [-0.1, -0.05) is 12.1 Å². The van der Waals surface area contributed by atoms with E-state index in [9.17, 15) is 0 Å². The van der Waals surface area contributed by atoms with Crippen molar-refractivity contribution in [2.45, 2.75) is 19.9 Å². The number of nitrogens with zero attached hydrogens (tertiary/aromatic N) is 3. The first-order chi connectivity index (χ1) is 9.24. The van der Waals surface area contributed by atoms with E-state index < -0.39 is 0 Å². The molecule has 0 aliphatic heterocycles. The normalized spacial score (nSPS) is 11.5. The molecular weight excluding hydrogens is 238 g/mol. The van der Waals surface area contributed by atoms with Gasteiger partial charge in [-0.15, -0.1) is 0 Å². The Morgan fingerprint density at radius 1 is 1.32 bits per heavy atom. The smallest absolute Gasteiger partial charge is 0.152 e. The van der Waals surface area contributed by atoms with Gasteiger partial charge < -0.3 is 11.5 Å². The third kappa shape index (κ3) is 1.82. The van der Waals surface area contributed by atoms with Crippen LogP contribution in [0.2, 0.25) is 0 Å². The molecular formula is C14H17N5. The number of aromatic nitrogens is 3. The lowest BCUT2D eigenvalue weighted by Crippen LogP contribution is -2.03. The maximum atomic E-state index is 6.00. The number of hydrogen-bond donors (Lipinski definition) is 2. The van der Waals surface area contributed by atoms with Crippen molar-refractivity contribution >= 4 is 27.6 Å². The number of aryl methyl sites for hydroxylation is 1. The average molecular weight is 255 g/mol. The van der Waals surface area contributed by atoms with Crippen molar-refractivity contribution < 1.29 is 0 Å². The van der Waals surface area contributed by atoms with Gasteiger partial charge in [0.25, 0.3) is 0 Å². The molecule has 4 N–H and O–H groups in total. The molecule has 5 nitrogen and oxygen atoms in total. The van der Waals surface area contributed by atoms with E-state index in [-0.39, 0.29) is 0 Å². The predicted octanol–water partition coefficient (Wildman–Crippen LogP) is 1.69.